The first-order chi connectivity index (χ1) is 9.47. The lowest BCUT2D eigenvalue weighted by Crippen LogP contribution is -2.14. The Labute approximate surface area is 130 Å². The molecule has 0 aromatic heterocycles. The molecule has 0 amide bonds. The maximum atomic E-state index is 13.3. The molecule has 2 nitrogen and oxygen atoms in total. The van der Waals surface area contributed by atoms with Gasteiger partial charge in [0, 0.05) is 15.6 Å². The summed E-state index contributed by atoms with van der Waals surface area (Å²) in [5.74, 6) is 0.395. The molecule has 2 aromatic carbocycles. The predicted molar refractivity (Wildman–Crippen MR) is 85.5 cm³/mol. The Balaban J connectivity index is 2.24. The molecule has 0 saturated heterocycles. The molecule has 2 N–H and O–H groups in total. The van der Waals surface area contributed by atoms with Crippen molar-refractivity contribution in [2.75, 3.05) is 0 Å². The van der Waals surface area contributed by atoms with Crippen molar-refractivity contribution < 1.29 is 9.13 Å². The van der Waals surface area contributed by atoms with Crippen molar-refractivity contribution >= 4 is 33.1 Å². The SMILES string of the molecule is Cc1ccc(Br)cc1OCc1cc(F)ccc1C(N)=S. The minimum absolute atomic E-state index is 0.210. The number of ether oxygens (including phenoxy) is 1. The van der Waals surface area contributed by atoms with Crippen LogP contribution in [0.1, 0.15) is 16.7 Å². The summed E-state index contributed by atoms with van der Waals surface area (Å²) >= 11 is 8.35. The minimum Gasteiger partial charge on any atom is -0.489 e. The lowest BCUT2D eigenvalue weighted by Gasteiger charge is -2.12. The number of nitrogens with two attached hydrogens (primary N) is 1. The normalized spacial score (nSPS) is 10.3. The van der Waals surface area contributed by atoms with Gasteiger partial charge in [0.05, 0.1) is 0 Å². The van der Waals surface area contributed by atoms with E-state index in [2.05, 4.69) is 15.9 Å². The van der Waals surface area contributed by atoms with E-state index in [-0.39, 0.29) is 17.4 Å². The molecule has 0 unspecified atom stereocenters. The van der Waals surface area contributed by atoms with E-state index in [0.29, 0.717) is 11.1 Å². The summed E-state index contributed by atoms with van der Waals surface area (Å²) in [4.78, 5) is 0.231. The van der Waals surface area contributed by atoms with Gasteiger partial charge in [-0.2, -0.15) is 0 Å². The van der Waals surface area contributed by atoms with E-state index in [4.69, 9.17) is 22.7 Å². The summed E-state index contributed by atoms with van der Waals surface area (Å²) < 4.78 is 20.0. The van der Waals surface area contributed by atoms with Crippen molar-refractivity contribution in [2.45, 2.75) is 13.5 Å². The second-order valence-electron chi connectivity index (χ2n) is 4.36. The van der Waals surface area contributed by atoms with Crippen LogP contribution in [-0.4, -0.2) is 4.99 Å². The number of hydrogen-bond acceptors (Lipinski definition) is 2. The fourth-order valence-corrected chi connectivity index (χ4v) is 2.35. The smallest absolute Gasteiger partial charge is 0.123 e. The van der Waals surface area contributed by atoms with Gasteiger partial charge in [-0.3, -0.25) is 0 Å². The molecule has 0 atom stereocenters. The Morgan fingerprint density at radius 2 is 2.05 bits per heavy atom. The molecule has 0 heterocycles. The number of rotatable bonds is 4. The average molecular weight is 354 g/mol. The third-order valence-electron chi connectivity index (χ3n) is 2.87. The Morgan fingerprint density at radius 3 is 2.75 bits per heavy atom. The van der Waals surface area contributed by atoms with Crippen molar-refractivity contribution in [1.82, 2.24) is 0 Å². The maximum Gasteiger partial charge on any atom is 0.123 e. The Bertz CT molecular complexity index is 660. The van der Waals surface area contributed by atoms with E-state index < -0.39 is 0 Å². The van der Waals surface area contributed by atoms with Gasteiger partial charge < -0.3 is 10.5 Å². The predicted octanol–water partition coefficient (Wildman–Crippen LogP) is 4.11. The molecule has 20 heavy (non-hydrogen) atoms. The first-order valence-corrected chi connectivity index (χ1v) is 7.14. The fraction of sp³-hybridized carbons (Fsp3) is 0.133. The Morgan fingerprint density at radius 1 is 1.30 bits per heavy atom. The highest BCUT2D eigenvalue weighted by Gasteiger charge is 2.09. The zero-order chi connectivity index (χ0) is 14.7. The van der Waals surface area contributed by atoms with Gasteiger partial charge >= 0.3 is 0 Å². The van der Waals surface area contributed by atoms with Gasteiger partial charge in [0.15, 0.2) is 0 Å². The molecule has 0 aliphatic rings. The van der Waals surface area contributed by atoms with E-state index in [9.17, 15) is 4.39 Å². The summed E-state index contributed by atoms with van der Waals surface area (Å²) in [6.07, 6.45) is 0. The second-order valence-corrected chi connectivity index (χ2v) is 5.72. The highest BCUT2D eigenvalue weighted by atomic mass is 79.9. The molecule has 0 saturated carbocycles. The van der Waals surface area contributed by atoms with Crippen LogP contribution < -0.4 is 10.5 Å². The molecule has 0 aliphatic carbocycles. The quantitative estimate of drug-likeness (QED) is 0.840. The summed E-state index contributed by atoms with van der Waals surface area (Å²) in [5.41, 5.74) is 7.90. The Kier molecular flexibility index (Phi) is 4.73. The number of thiocarbonyl (C=S) groups is 1. The lowest BCUT2D eigenvalue weighted by atomic mass is 10.1. The first kappa shape index (κ1) is 14.9. The van der Waals surface area contributed by atoms with E-state index in [0.717, 1.165) is 15.8 Å². The van der Waals surface area contributed by atoms with Gasteiger partial charge in [-0.25, -0.2) is 4.39 Å². The van der Waals surface area contributed by atoms with E-state index >= 15 is 0 Å². The summed E-state index contributed by atoms with van der Waals surface area (Å²) in [7, 11) is 0. The molecule has 2 aromatic rings. The Hall–Kier alpha value is -1.46. The van der Waals surface area contributed by atoms with Crippen molar-refractivity contribution in [3.63, 3.8) is 0 Å². The van der Waals surface area contributed by atoms with Crippen molar-refractivity contribution in [1.29, 1.82) is 0 Å². The van der Waals surface area contributed by atoms with E-state index in [1.54, 1.807) is 6.07 Å². The topological polar surface area (TPSA) is 35.2 Å². The summed E-state index contributed by atoms with van der Waals surface area (Å²) in [5, 5.41) is 0. The van der Waals surface area contributed by atoms with E-state index in [1.165, 1.54) is 12.1 Å². The molecule has 104 valence electrons. The average Bonchev–Trinajstić information content (AvgIpc) is 2.39. The molecule has 5 heteroatoms. The van der Waals surface area contributed by atoms with Gasteiger partial charge in [-0.05, 0) is 42.8 Å². The van der Waals surface area contributed by atoms with Gasteiger partial charge in [0.1, 0.15) is 23.2 Å². The van der Waals surface area contributed by atoms with E-state index in [1.807, 2.05) is 25.1 Å². The summed E-state index contributed by atoms with van der Waals surface area (Å²) in [6.45, 7) is 2.16. The van der Waals surface area contributed by atoms with Gasteiger partial charge in [-0.15, -0.1) is 0 Å². The van der Waals surface area contributed by atoms with Crippen LogP contribution in [0.25, 0.3) is 0 Å². The van der Waals surface area contributed by atoms with Crippen LogP contribution >= 0.6 is 28.1 Å². The first-order valence-electron chi connectivity index (χ1n) is 5.94. The van der Waals surface area contributed by atoms with Crippen LogP contribution in [0, 0.1) is 12.7 Å². The standard InChI is InChI=1S/C15H13BrFNOS/c1-9-2-3-11(16)7-14(9)19-8-10-6-12(17)4-5-13(10)15(18)20/h2-7H,8H2,1H3,(H2,18,20). The van der Waals surface area contributed by atoms with Crippen LogP contribution in [0.4, 0.5) is 4.39 Å². The molecule has 0 spiro atoms. The highest BCUT2D eigenvalue weighted by molar-refractivity contribution is 9.10. The molecule has 0 aliphatic heterocycles. The van der Waals surface area contributed by atoms with Crippen molar-refractivity contribution in [3.8, 4) is 5.75 Å². The van der Waals surface area contributed by atoms with Gasteiger partial charge in [0.2, 0.25) is 0 Å². The fourth-order valence-electron chi connectivity index (χ4n) is 1.81. The lowest BCUT2D eigenvalue weighted by molar-refractivity contribution is 0.303. The molecular weight excluding hydrogens is 341 g/mol. The van der Waals surface area contributed by atoms with Crippen LogP contribution in [0.5, 0.6) is 5.75 Å². The largest absolute Gasteiger partial charge is 0.489 e. The van der Waals surface area contributed by atoms with Crippen LogP contribution in [0.3, 0.4) is 0 Å². The second kappa shape index (κ2) is 6.33. The molecule has 2 rings (SSSR count). The number of hydrogen-bond donors (Lipinski definition) is 1. The van der Waals surface area contributed by atoms with Crippen molar-refractivity contribution in [2.24, 2.45) is 5.73 Å². The van der Waals surface area contributed by atoms with Crippen LogP contribution in [0.15, 0.2) is 40.9 Å². The number of halogens is 2. The van der Waals surface area contributed by atoms with Crippen LogP contribution in [0.2, 0.25) is 0 Å². The zero-order valence-electron chi connectivity index (χ0n) is 10.8. The monoisotopic (exact) mass is 353 g/mol. The molecule has 0 radical (unpaired) electrons. The number of benzene rings is 2. The minimum atomic E-state index is -0.338. The van der Waals surface area contributed by atoms with Crippen LogP contribution in [-0.2, 0) is 6.61 Å². The molecule has 0 bridgehead atoms. The van der Waals surface area contributed by atoms with Gasteiger partial charge in [0.25, 0.3) is 0 Å². The molecular formula is C15H13BrFNOS. The van der Waals surface area contributed by atoms with Gasteiger partial charge in [-0.1, -0.05) is 34.2 Å². The maximum absolute atomic E-state index is 13.3. The zero-order valence-corrected chi connectivity index (χ0v) is 13.2. The third-order valence-corrected chi connectivity index (χ3v) is 3.58. The molecule has 0 fully saturated rings. The summed E-state index contributed by atoms with van der Waals surface area (Å²) in [6, 6.07) is 10.0. The number of aryl methyl sites for hydroxylation is 1. The van der Waals surface area contributed by atoms with Crippen molar-refractivity contribution in [3.05, 3.63) is 63.4 Å². The highest BCUT2D eigenvalue weighted by Crippen LogP contribution is 2.24. The third kappa shape index (κ3) is 3.55.